The van der Waals surface area contributed by atoms with Crippen molar-refractivity contribution >= 4 is 11.9 Å². The molecule has 14 heteroatoms. The van der Waals surface area contributed by atoms with Gasteiger partial charge in [0.1, 0.15) is 16.9 Å². The van der Waals surface area contributed by atoms with Gasteiger partial charge in [-0.05, 0) is 0 Å². The van der Waals surface area contributed by atoms with E-state index in [0.717, 1.165) is 0 Å². The number of carboxylic acids is 2. The van der Waals surface area contributed by atoms with Gasteiger partial charge in [0.2, 0.25) is 0 Å². The maximum absolute atomic E-state index is 13.7. The van der Waals surface area contributed by atoms with E-state index in [-0.39, 0.29) is 0 Å². The Kier molecular flexibility index (Phi) is 4.73. The number of hydrogen-bond donors (Lipinski definition) is 2. The highest BCUT2D eigenvalue weighted by molar-refractivity contribution is 6.04. The van der Waals surface area contributed by atoms with Crippen LogP contribution in [0.5, 0.6) is 0 Å². The number of alkyl halides is 9. The molecule has 0 aliphatic heterocycles. The molecule has 4 nitrogen and oxygen atoms in total. The van der Waals surface area contributed by atoms with Crippen LogP contribution in [0.3, 0.4) is 0 Å². The molecule has 2 N–H and O–H groups in total. The molecule has 0 spiro atoms. The van der Waals surface area contributed by atoms with E-state index >= 15 is 0 Å². The fourth-order valence-electron chi connectivity index (χ4n) is 1.96. The molecule has 0 fully saturated rings. The minimum absolute atomic E-state index is 2.79. The summed E-state index contributed by atoms with van der Waals surface area (Å²) in [4.78, 5) is 21.7. The van der Waals surface area contributed by atoms with Crippen LogP contribution in [-0.4, -0.2) is 22.2 Å². The first-order valence-corrected chi connectivity index (χ1v) is 5.50. The highest BCUT2D eigenvalue weighted by Gasteiger charge is 2.54. The van der Waals surface area contributed by atoms with Gasteiger partial charge < -0.3 is 10.2 Å². The minimum atomic E-state index is -6.41. The molecule has 0 saturated heterocycles. The van der Waals surface area contributed by atoms with Crippen molar-refractivity contribution in [2.24, 2.45) is 0 Å². The normalized spacial score (nSPS) is 13.0. The summed E-state index contributed by atoms with van der Waals surface area (Å²) in [5, 5.41) is 17.2. The fraction of sp³-hybridized carbons (Fsp3) is 0.273. The van der Waals surface area contributed by atoms with E-state index in [9.17, 15) is 53.5 Å². The van der Waals surface area contributed by atoms with E-state index < -0.39 is 64.1 Å². The minimum Gasteiger partial charge on any atom is -0.478 e. The quantitative estimate of drug-likeness (QED) is 0.742. The summed E-state index contributed by atoms with van der Waals surface area (Å²) in [5.41, 5.74) is -15.9. The number of benzene rings is 1. The van der Waals surface area contributed by atoms with Gasteiger partial charge in [-0.2, -0.15) is 39.5 Å². The average Bonchev–Trinajstić information content (AvgIpc) is 2.31. The molecule has 140 valence electrons. The lowest BCUT2D eigenvalue weighted by molar-refractivity contribution is -0.166. The third-order valence-corrected chi connectivity index (χ3v) is 2.72. The van der Waals surface area contributed by atoms with Crippen LogP contribution in [0.15, 0.2) is 0 Å². The molecule has 1 aromatic rings. The van der Waals surface area contributed by atoms with E-state index in [4.69, 9.17) is 10.2 Å². The Morgan fingerprint density at radius 1 is 0.600 bits per heavy atom. The maximum atomic E-state index is 13.7. The molecule has 0 aliphatic carbocycles. The maximum Gasteiger partial charge on any atom is 0.420 e. The highest BCUT2D eigenvalue weighted by atomic mass is 19.4. The van der Waals surface area contributed by atoms with Crippen LogP contribution < -0.4 is 0 Å². The van der Waals surface area contributed by atoms with Gasteiger partial charge in [0.15, 0.2) is 0 Å². The molecular weight excluding hydrogens is 386 g/mol. The summed E-state index contributed by atoms with van der Waals surface area (Å²) in [6, 6.07) is 0. The predicted molar refractivity (Wildman–Crippen MR) is 55.3 cm³/mol. The van der Waals surface area contributed by atoms with Crippen LogP contribution in [0.4, 0.5) is 43.9 Å². The molecule has 25 heavy (non-hydrogen) atoms. The number of halogens is 10. The monoisotopic (exact) mass is 388 g/mol. The van der Waals surface area contributed by atoms with Crippen LogP contribution in [0.25, 0.3) is 0 Å². The summed E-state index contributed by atoms with van der Waals surface area (Å²) in [6.45, 7) is 0. The molecule has 0 aliphatic rings. The summed E-state index contributed by atoms with van der Waals surface area (Å²) in [5.74, 6) is -9.67. The molecule has 0 aromatic heterocycles. The Labute approximate surface area is 129 Å². The second-order valence-electron chi connectivity index (χ2n) is 4.29. The molecule has 0 radical (unpaired) electrons. The summed E-state index contributed by atoms with van der Waals surface area (Å²) in [6.07, 6.45) is -19.0. The third kappa shape index (κ3) is 3.61. The Morgan fingerprint density at radius 2 is 0.880 bits per heavy atom. The number of hydrogen-bond acceptors (Lipinski definition) is 2. The van der Waals surface area contributed by atoms with Crippen molar-refractivity contribution in [3.63, 3.8) is 0 Å². The van der Waals surface area contributed by atoms with Gasteiger partial charge in [0.25, 0.3) is 0 Å². The first-order chi connectivity index (χ1) is 10.9. The molecule has 0 bridgehead atoms. The van der Waals surface area contributed by atoms with Gasteiger partial charge in [0.05, 0.1) is 16.7 Å². The Hall–Kier alpha value is -2.54. The van der Waals surface area contributed by atoms with Crippen molar-refractivity contribution in [2.75, 3.05) is 0 Å². The van der Waals surface area contributed by atoms with Gasteiger partial charge >= 0.3 is 30.5 Å². The lowest BCUT2D eigenvalue weighted by Gasteiger charge is -2.23. The summed E-state index contributed by atoms with van der Waals surface area (Å²) >= 11 is 0. The smallest absolute Gasteiger partial charge is 0.420 e. The number of rotatable bonds is 2. The van der Waals surface area contributed by atoms with Gasteiger partial charge in [0, 0.05) is 0 Å². The topological polar surface area (TPSA) is 74.6 Å². The highest BCUT2D eigenvalue weighted by Crippen LogP contribution is 2.48. The van der Waals surface area contributed by atoms with Crippen molar-refractivity contribution in [3.05, 3.63) is 33.6 Å². The molecule has 0 saturated carbocycles. The van der Waals surface area contributed by atoms with E-state index in [1.165, 1.54) is 0 Å². The zero-order chi connectivity index (χ0) is 20.1. The van der Waals surface area contributed by atoms with E-state index in [1.807, 2.05) is 0 Å². The molecule has 0 atom stereocenters. The largest absolute Gasteiger partial charge is 0.478 e. The molecule has 0 unspecified atom stereocenters. The fourth-order valence-corrected chi connectivity index (χ4v) is 1.96. The SMILES string of the molecule is O=C(O)c1c(C(=O)O)c(C(F)(F)F)c(C(F)(F)F)c(F)c1C(F)(F)F. The lowest BCUT2D eigenvalue weighted by Crippen LogP contribution is -2.30. The molecule has 0 amide bonds. The first kappa shape index (κ1) is 20.5. The van der Waals surface area contributed by atoms with Crippen molar-refractivity contribution in [1.82, 2.24) is 0 Å². The Balaban J connectivity index is 4.45. The van der Waals surface area contributed by atoms with Crippen molar-refractivity contribution in [2.45, 2.75) is 18.5 Å². The third-order valence-electron chi connectivity index (χ3n) is 2.72. The number of aromatic carboxylic acids is 2. The van der Waals surface area contributed by atoms with E-state index in [1.54, 1.807) is 0 Å². The van der Waals surface area contributed by atoms with Crippen LogP contribution in [0.1, 0.15) is 37.4 Å². The van der Waals surface area contributed by atoms with Crippen LogP contribution in [-0.2, 0) is 18.5 Å². The molecule has 0 heterocycles. The van der Waals surface area contributed by atoms with Crippen molar-refractivity contribution in [3.8, 4) is 0 Å². The second-order valence-corrected chi connectivity index (χ2v) is 4.29. The van der Waals surface area contributed by atoms with Gasteiger partial charge in [-0.3, -0.25) is 0 Å². The molecular formula is C11H2F10O4. The van der Waals surface area contributed by atoms with Crippen LogP contribution in [0, 0.1) is 5.82 Å². The average molecular weight is 388 g/mol. The second kappa shape index (κ2) is 5.77. The van der Waals surface area contributed by atoms with Crippen molar-refractivity contribution < 1.29 is 63.7 Å². The zero-order valence-corrected chi connectivity index (χ0v) is 11.0. The summed E-state index contributed by atoms with van der Waals surface area (Å²) in [7, 11) is 0. The Bertz CT molecular complexity index is 741. The first-order valence-electron chi connectivity index (χ1n) is 5.50. The van der Waals surface area contributed by atoms with Gasteiger partial charge in [-0.25, -0.2) is 14.0 Å². The van der Waals surface area contributed by atoms with E-state index in [0.29, 0.717) is 0 Å². The number of carboxylic acid groups (broad SMARTS) is 2. The summed E-state index contributed by atoms with van der Waals surface area (Å²) < 4.78 is 129. The van der Waals surface area contributed by atoms with Gasteiger partial charge in [-0.1, -0.05) is 0 Å². The molecule has 1 rings (SSSR count). The molecule has 1 aromatic carbocycles. The zero-order valence-electron chi connectivity index (χ0n) is 11.0. The van der Waals surface area contributed by atoms with E-state index in [2.05, 4.69) is 0 Å². The van der Waals surface area contributed by atoms with Crippen molar-refractivity contribution in [1.29, 1.82) is 0 Å². The predicted octanol–water partition coefficient (Wildman–Crippen LogP) is 4.28. The Morgan fingerprint density at radius 3 is 1.12 bits per heavy atom. The standard InChI is InChI=1S/C11H2F10O4/c12-6-4(10(16,17)18)2(8(24)25)1(7(22)23)3(9(13,14)15)5(6)11(19,20)21/h(H,22,23)(H,24,25). The number of carbonyl (C=O) groups is 2. The van der Waals surface area contributed by atoms with Crippen LogP contribution in [0.2, 0.25) is 0 Å². The van der Waals surface area contributed by atoms with Gasteiger partial charge in [-0.15, -0.1) is 0 Å². The lowest BCUT2D eigenvalue weighted by atomic mass is 9.89. The van der Waals surface area contributed by atoms with Crippen LogP contribution >= 0.6 is 0 Å².